The SMILES string of the molecule is O=C1c2cc(I)ccc2-n2c1nc1ncccc1c2=O. The first kappa shape index (κ1) is 11.7. The van der Waals surface area contributed by atoms with Gasteiger partial charge in [-0.15, -0.1) is 0 Å². The molecule has 1 aliphatic heterocycles. The quantitative estimate of drug-likeness (QED) is 0.441. The van der Waals surface area contributed by atoms with Gasteiger partial charge in [-0.3, -0.25) is 14.2 Å². The molecule has 20 heavy (non-hydrogen) atoms. The van der Waals surface area contributed by atoms with Crippen LogP contribution >= 0.6 is 22.6 Å². The highest BCUT2D eigenvalue weighted by Gasteiger charge is 2.30. The van der Waals surface area contributed by atoms with E-state index < -0.39 is 0 Å². The van der Waals surface area contributed by atoms with Gasteiger partial charge in [0.2, 0.25) is 5.78 Å². The predicted molar refractivity (Wildman–Crippen MR) is 81.3 cm³/mol. The van der Waals surface area contributed by atoms with Crippen LogP contribution in [0, 0.1) is 3.57 Å². The maximum absolute atomic E-state index is 12.5. The molecule has 6 heteroatoms. The normalized spacial score (nSPS) is 12.6. The van der Waals surface area contributed by atoms with Crippen LogP contribution in [-0.4, -0.2) is 20.3 Å². The van der Waals surface area contributed by atoms with E-state index in [2.05, 4.69) is 32.6 Å². The zero-order valence-electron chi connectivity index (χ0n) is 10.0. The molecule has 2 aromatic heterocycles. The summed E-state index contributed by atoms with van der Waals surface area (Å²) in [6, 6.07) is 8.76. The van der Waals surface area contributed by atoms with Crippen LogP contribution in [0.15, 0.2) is 41.3 Å². The second kappa shape index (κ2) is 3.95. The molecule has 0 radical (unpaired) electrons. The first-order valence-corrected chi connectivity index (χ1v) is 6.97. The fourth-order valence-electron chi connectivity index (χ4n) is 2.40. The Morgan fingerprint density at radius 3 is 2.85 bits per heavy atom. The highest BCUT2D eigenvalue weighted by atomic mass is 127. The molecule has 0 N–H and O–H groups in total. The van der Waals surface area contributed by atoms with Crippen LogP contribution in [0.25, 0.3) is 16.7 Å². The molecule has 1 aliphatic rings. The summed E-state index contributed by atoms with van der Waals surface area (Å²) in [5.74, 6) is -0.0960. The molecule has 0 fully saturated rings. The lowest BCUT2D eigenvalue weighted by atomic mass is 10.1. The first-order chi connectivity index (χ1) is 9.66. The lowest BCUT2D eigenvalue weighted by Crippen LogP contribution is -2.21. The van der Waals surface area contributed by atoms with Crippen molar-refractivity contribution in [2.24, 2.45) is 0 Å². The van der Waals surface area contributed by atoms with Gasteiger partial charge in [0.1, 0.15) is 0 Å². The molecule has 0 saturated carbocycles. The van der Waals surface area contributed by atoms with E-state index in [-0.39, 0.29) is 17.2 Å². The summed E-state index contributed by atoms with van der Waals surface area (Å²) < 4.78 is 2.32. The number of carbonyl (C=O) groups is 1. The maximum Gasteiger partial charge on any atom is 0.267 e. The third kappa shape index (κ3) is 1.42. The van der Waals surface area contributed by atoms with Gasteiger partial charge < -0.3 is 0 Å². The minimum Gasteiger partial charge on any atom is -0.285 e. The minimum absolute atomic E-state index is 0.137. The number of hydrogen-bond acceptors (Lipinski definition) is 4. The Bertz CT molecular complexity index is 962. The summed E-state index contributed by atoms with van der Waals surface area (Å²) in [7, 11) is 0. The lowest BCUT2D eigenvalue weighted by molar-refractivity contribution is 0.103. The number of fused-ring (bicyclic) bond motifs is 4. The Balaban J connectivity index is 2.20. The molecule has 5 nitrogen and oxygen atoms in total. The van der Waals surface area contributed by atoms with E-state index in [0.29, 0.717) is 22.3 Å². The van der Waals surface area contributed by atoms with Crippen molar-refractivity contribution in [3.8, 4) is 5.69 Å². The lowest BCUT2D eigenvalue weighted by Gasteiger charge is -2.04. The Morgan fingerprint density at radius 1 is 1.15 bits per heavy atom. The van der Waals surface area contributed by atoms with Crippen LogP contribution in [0.1, 0.15) is 16.2 Å². The second-order valence-electron chi connectivity index (χ2n) is 4.44. The summed E-state index contributed by atoms with van der Waals surface area (Å²) in [6.45, 7) is 0. The van der Waals surface area contributed by atoms with Gasteiger partial charge in [0.05, 0.1) is 16.6 Å². The number of benzene rings is 1. The van der Waals surface area contributed by atoms with Gasteiger partial charge in [0.25, 0.3) is 5.56 Å². The number of hydrogen-bond donors (Lipinski definition) is 0. The number of carbonyl (C=O) groups excluding carboxylic acids is 1. The largest absolute Gasteiger partial charge is 0.285 e. The Kier molecular flexibility index (Phi) is 2.31. The van der Waals surface area contributed by atoms with Crippen LogP contribution < -0.4 is 5.56 Å². The first-order valence-electron chi connectivity index (χ1n) is 5.89. The van der Waals surface area contributed by atoms with Crippen LogP contribution in [0.3, 0.4) is 0 Å². The van der Waals surface area contributed by atoms with Crippen LogP contribution in [0.5, 0.6) is 0 Å². The van der Waals surface area contributed by atoms with Crippen molar-refractivity contribution < 1.29 is 4.79 Å². The van der Waals surface area contributed by atoms with Gasteiger partial charge in [-0.1, -0.05) is 0 Å². The molecule has 0 unspecified atom stereocenters. The molecule has 0 amide bonds. The van der Waals surface area contributed by atoms with E-state index in [1.165, 1.54) is 4.57 Å². The van der Waals surface area contributed by atoms with Crippen molar-refractivity contribution in [3.05, 3.63) is 61.8 Å². The number of ketones is 1. The average molecular weight is 375 g/mol. The average Bonchev–Trinajstić information content (AvgIpc) is 2.73. The van der Waals surface area contributed by atoms with E-state index in [1.54, 1.807) is 30.5 Å². The molecule has 0 spiro atoms. The molecule has 96 valence electrons. The second-order valence-corrected chi connectivity index (χ2v) is 5.69. The van der Waals surface area contributed by atoms with Crippen molar-refractivity contribution in [2.75, 3.05) is 0 Å². The number of aromatic nitrogens is 3. The molecule has 4 rings (SSSR count). The van der Waals surface area contributed by atoms with Crippen LogP contribution in [0.4, 0.5) is 0 Å². The Hall–Kier alpha value is -2.09. The van der Waals surface area contributed by atoms with Gasteiger partial charge in [-0.2, -0.15) is 0 Å². The van der Waals surface area contributed by atoms with E-state index in [0.717, 1.165) is 3.57 Å². The molecule has 3 aromatic rings. The van der Waals surface area contributed by atoms with E-state index in [4.69, 9.17) is 0 Å². The fraction of sp³-hybridized carbons (Fsp3) is 0. The summed E-state index contributed by atoms with van der Waals surface area (Å²) in [6.07, 6.45) is 1.56. The van der Waals surface area contributed by atoms with Crippen molar-refractivity contribution >= 4 is 39.4 Å². The molecule has 0 atom stereocenters. The fourth-order valence-corrected chi connectivity index (χ4v) is 2.89. The molecule has 0 bridgehead atoms. The topological polar surface area (TPSA) is 64.8 Å². The standard InChI is InChI=1S/C14H6IN3O2/c15-7-3-4-10-9(6-7)11(19)13-17-12-8(2-1-5-16-12)14(20)18(10)13/h1-6H. The van der Waals surface area contributed by atoms with Gasteiger partial charge in [0, 0.05) is 9.77 Å². The van der Waals surface area contributed by atoms with Crippen molar-refractivity contribution in [1.82, 2.24) is 14.5 Å². The third-order valence-corrected chi connectivity index (χ3v) is 3.96. The molecule has 3 heterocycles. The van der Waals surface area contributed by atoms with Crippen molar-refractivity contribution in [3.63, 3.8) is 0 Å². The zero-order chi connectivity index (χ0) is 13.9. The predicted octanol–water partition coefficient (Wildman–Crippen LogP) is 1.93. The Labute approximate surface area is 126 Å². The van der Waals surface area contributed by atoms with Crippen LogP contribution in [0.2, 0.25) is 0 Å². The Morgan fingerprint density at radius 2 is 2.00 bits per heavy atom. The summed E-state index contributed by atoms with van der Waals surface area (Å²) in [5.41, 5.74) is 1.15. The number of nitrogens with zero attached hydrogens (tertiary/aromatic N) is 3. The van der Waals surface area contributed by atoms with Crippen molar-refractivity contribution in [1.29, 1.82) is 0 Å². The van der Waals surface area contributed by atoms with E-state index in [9.17, 15) is 9.59 Å². The highest BCUT2D eigenvalue weighted by molar-refractivity contribution is 14.1. The van der Waals surface area contributed by atoms with Gasteiger partial charge in [-0.25, -0.2) is 9.97 Å². The zero-order valence-corrected chi connectivity index (χ0v) is 12.2. The summed E-state index contributed by atoms with van der Waals surface area (Å²) >= 11 is 2.13. The number of rotatable bonds is 0. The molecule has 0 saturated heterocycles. The smallest absolute Gasteiger partial charge is 0.267 e. The minimum atomic E-state index is -0.258. The maximum atomic E-state index is 12.5. The summed E-state index contributed by atoms with van der Waals surface area (Å²) in [4.78, 5) is 33.2. The van der Waals surface area contributed by atoms with Crippen LogP contribution in [-0.2, 0) is 0 Å². The van der Waals surface area contributed by atoms with E-state index >= 15 is 0 Å². The third-order valence-electron chi connectivity index (χ3n) is 3.29. The van der Waals surface area contributed by atoms with Gasteiger partial charge in [-0.05, 0) is 52.9 Å². The van der Waals surface area contributed by atoms with Gasteiger partial charge in [0.15, 0.2) is 11.5 Å². The molecule has 0 aliphatic carbocycles. The monoisotopic (exact) mass is 375 g/mol. The molecular weight excluding hydrogens is 369 g/mol. The number of pyridine rings is 1. The van der Waals surface area contributed by atoms with Crippen molar-refractivity contribution in [2.45, 2.75) is 0 Å². The highest BCUT2D eigenvalue weighted by Crippen LogP contribution is 2.27. The molecule has 1 aromatic carbocycles. The molecular formula is C14H6IN3O2. The van der Waals surface area contributed by atoms with Gasteiger partial charge >= 0.3 is 0 Å². The van der Waals surface area contributed by atoms with E-state index in [1.807, 2.05) is 6.07 Å². The number of halogens is 1. The summed E-state index contributed by atoms with van der Waals surface area (Å²) in [5, 5.41) is 0.412.